The van der Waals surface area contributed by atoms with Crippen molar-refractivity contribution in [3.63, 3.8) is 0 Å². The summed E-state index contributed by atoms with van der Waals surface area (Å²) < 4.78 is 11.5. The number of fused-ring (bicyclic) bond motifs is 1. The summed E-state index contributed by atoms with van der Waals surface area (Å²) in [6.07, 6.45) is 8.74. The quantitative estimate of drug-likeness (QED) is 0.285. The highest BCUT2D eigenvalue weighted by atomic mass is 16.5. The van der Waals surface area contributed by atoms with Crippen molar-refractivity contribution < 1.29 is 14.2 Å². The number of ether oxygens (including phenoxy) is 1. The minimum atomic E-state index is -0.134. The first-order valence-corrected chi connectivity index (χ1v) is 14.6. The van der Waals surface area contributed by atoms with Crippen LogP contribution in [-0.2, 0) is 22.5 Å². The van der Waals surface area contributed by atoms with Gasteiger partial charge in [0.05, 0.1) is 24.3 Å². The maximum absolute atomic E-state index is 13.2. The number of benzene rings is 2. The van der Waals surface area contributed by atoms with Crippen molar-refractivity contribution in [3.8, 4) is 17.6 Å². The lowest BCUT2D eigenvalue weighted by Crippen LogP contribution is -2.54. The highest BCUT2D eigenvalue weighted by Crippen LogP contribution is 2.27. The van der Waals surface area contributed by atoms with E-state index in [0.717, 1.165) is 86.8 Å². The van der Waals surface area contributed by atoms with Crippen LogP contribution < -0.4 is 15.5 Å². The Morgan fingerprint density at radius 1 is 1.15 bits per heavy atom. The fourth-order valence-electron chi connectivity index (χ4n) is 5.59. The Morgan fingerprint density at radius 3 is 2.69 bits per heavy atom. The monoisotopic (exact) mass is 528 g/mol. The average molecular weight is 529 g/mol. The number of rotatable bonds is 12. The van der Waals surface area contributed by atoms with Crippen molar-refractivity contribution in [1.29, 1.82) is 5.26 Å². The number of aryl methyl sites for hydroxylation is 1. The Balaban J connectivity index is 1.18. The fourth-order valence-corrected chi connectivity index (χ4v) is 5.59. The first kappa shape index (κ1) is 29.2. The van der Waals surface area contributed by atoms with Crippen LogP contribution in [0.25, 0.3) is 0 Å². The van der Waals surface area contributed by atoms with Crippen LogP contribution in [0.2, 0.25) is 0 Å². The Hall–Kier alpha value is -2.82. The maximum atomic E-state index is 13.2. The number of likely N-dealkylation sites (tertiary alicyclic amines) is 1. The van der Waals surface area contributed by atoms with Crippen LogP contribution in [0.1, 0.15) is 89.3 Å². The molecule has 1 fully saturated rings. The van der Waals surface area contributed by atoms with Gasteiger partial charge in [0.15, 0.2) is 0 Å². The number of hydrogen-bond donors (Lipinski definition) is 1. The molecule has 2 aliphatic rings. The maximum Gasteiger partial charge on any atom is 0.330 e. The summed E-state index contributed by atoms with van der Waals surface area (Å²) in [6, 6.07) is 14.2. The number of amides is 1. The van der Waals surface area contributed by atoms with Crippen LogP contribution in [-0.4, -0.2) is 43.5 Å². The Labute approximate surface area is 235 Å². The standard InChI is InChI=1S/C32H43BN3O3/c1-23-11-10-16-36(23)31(37)30(32(2,3)4)35-15-9-7-5-6-8-12-24-17-25(21-34)19-28(18-24)39-27-13-14-29-26(20-27)22-38-33-29/h13-14,17-20,23,30,35H,5-12,15-16,22H2,1-4H3. The Kier molecular flexibility index (Phi) is 10.1. The molecule has 2 atom stereocenters. The SMILES string of the molecule is CC1CCCN1C(=O)C(NCCCCCCCc1cc(C#N)cc(Oc2ccc3c(c2)CO[B]3)c1)C(C)(C)C. The first-order valence-electron chi connectivity index (χ1n) is 14.6. The van der Waals surface area contributed by atoms with Crippen molar-refractivity contribution in [3.05, 3.63) is 53.1 Å². The molecule has 2 unspecified atom stereocenters. The van der Waals surface area contributed by atoms with Gasteiger partial charge in [-0.2, -0.15) is 5.26 Å². The van der Waals surface area contributed by atoms with Crippen LogP contribution in [0, 0.1) is 16.7 Å². The molecule has 2 aliphatic heterocycles. The average Bonchev–Trinajstić information content (AvgIpc) is 3.55. The second-order valence-electron chi connectivity index (χ2n) is 12.2. The molecule has 4 rings (SSSR count). The van der Waals surface area contributed by atoms with E-state index in [1.54, 1.807) is 13.5 Å². The summed E-state index contributed by atoms with van der Waals surface area (Å²) in [7, 11) is 1.77. The normalized spacial score (nSPS) is 17.4. The second kappa shape index (κ2) is 13.5. The van der Waals surface area contributed by atoms with E-state index >= 15 is 0 Å². The molecule has 1 N–H and O–H groups in total. The third-order valence-electron chi connectivity index (χ3n) is 7.83. The molecule has 0 saturated carbocycles. The van der Waals surface area contributed by atoms with Crippen LogP contribution in [0.5, 0.6) is 11.5 Å². The molecule has 207 valence electrons. The molecule has 0 aliphatic carbocycles. The molecule has 2 aromatic carbocycles. The summed E-state index contributed by atoms with van der Waals surface area (Å²) >= 11 is 0. The van der Waals surface area contributed by atoms with E-state index in [4.69, 9.17) is 9.39 Å². The van der Waals surface area contributed by atoms with Crippen molar-refractivity contribution in [1.82, 2.24) is 10.2 Å². The van der Waals surface area contributed by atoms with E-state index in [1.165, 1.54) is 0 Å². The topological polar surface area (TPSA) is 74.6 Å². The molecular formula is C32H43BN3O3. The summed E-state index contributed by atoms with van der Waals surface area (Å²) in [4.78, 5) is 15.3. The van der Waals surface area contributed by atoms with Gasteiger partial charge in [0.1, 0.15) is 11.5 Å². The van der Waals surface area contributed by atoms with Gasteiger partial charge in [-0.25, -0.2) is 0 Å². The van der Waals surface area contributed by atoms with E-state index in [2.05, 4.69) is 44.0 Å². The van der Waals surface area contributed by atoms with E-state index in [1.807, 2.05) is 30.3 Å². The lowest BCUT2D eigenvalue weighted by atomic mass is 9.85. The minimum absolute atomic E-state index is 0.104. The van der Waals surface area contributed by atoms with Gasteiger partial charge in [-0.1, -0.05) is 46.1 Å². The van der Waals surface area contributed by atoms with E-state index in [0.29, 0.717) is 24.0 Å². The lowest BCUT2D eigenvalue weighted by Gasteiger charge is -2.35. The van der Waals surface area contributed by atoms with E-state index in [-0.39, 0.29) is 17.4 Å². The van der Waals surface area contributed by atoms with Gasteiger partial charge >= 0.3 is 7.48 Å². The summed E-state index contributed by atoms with van der Waals surface area (Å²) in [5.41, 5.74) is 3.85. The van der Waals surface area contributed by atoms with Crippen molar-refractivity contribution in [2.24, 2.45) is 5.41 Å². The zero-order valence-corrected chi connectivity index (χ0v) is 24.1. The predicted octanol–water partition coefficient (Wildman–Crippen LogP) is 5.63. The number of nitrogens with zero attached hydrogens (tertiary/aromatic N) is 2. The molecule has 0 aromatic heterocycles. The number of unbranched alkanes of at least 4 members (excludes halogenated alkanes) is 4. The van der Waals surface area contributed by atoms with Crippen LogP contribution >= 0.6 is 0 Å². The lowest BCUT2D eigenvalue weighted by molar-refractivity contribution is -0.136. The third kappa shape index (κ3) is 8.09. The largest absolute Gasteiger partial charge is 0.457 e. The van der Waals surface area contributed by atoms with Gasteiger partial charge < -0.3 is 19.6 Å². The molecule has 1 amide bonds. The van der Waals surface area contributed by atoms with E-state index < -0.39 is 0 Å². The van der Waals surface area contributed by atoms with Crippen LogP contribution in [0.15, 0.2) is 36.4 Å². The first-order chi connectivity index (χ1) is 18.7. The molecule has 1 radical (unpaired) electrons. The van der Waals surface area contributed by atoms with Gasteiger partial charge in [0, 0.05) is 12.6 Å². The van der Waals surface area contributed by atoms with Crippen molar-refractivity contribution in [2.75, 3.05) is 13.1 Å². The van der Waals surface area contributed by atoms with Crippen molar-refractivity contribution in [2.45, 2.75) is 97.8 Å². The zero-order valence-electron chi connectivity index (χ0n) is 24.1. The number of carbonyl (C=O) groups excluding carboxylic acids is 1. The zero-order chi connectivity index (χ0) is 27.8. The summed E-state index contributed by atoms with van der Waals surface area (Å²) in [5, 5.41) is 13.1. The molecule has 6 nitrogen and oxygen atoms in total. The summed E-state index contributed by atoms with van der Waals surface area (Å²) in [6.45, 7) is 11.0. The van der Waals surface area contributed by atoms with Gasteiger partial charge in [0.2, 0.25) is 5.91 Å². The third-order valence-corrected chi connectivity index (χ3v) is 7.83. The molecule has 1 saturated heterocycles. The fraction of sp³-hybridized carbons (Fsp3) is 0.562. The minimum Gasteiger partial charge on any atom is -0.457 e. The van der Waals surface area contributed by atoms with Gasteiger partial charge in [-0.05, 0) is 97.9 Å². The van der Waals surface area contributed by atoms with Gasteiger partial charge in [0.25, 0.3) is 0 Å². The van der Waals surface area contributed by atoms with Crippen LogP contribution in [0.4, 0.5) is 0 Å². The molecule has 2 heterocycles. The Bertz CT molecular complexity index is 1170. The van der Waals surface area contributed by atoms with Gasteiger partial charge in [-0.15, -0.1) is 0 Å². The smallest absolute Gasteiger partial charge is 0.330 e. The summed E-state index contributed by atoms with van der Waals surface area (Å²) in [5.74, 6) is 1.72. The van der Waals surface area contributed by atoms with Crippen molar-refractivity contribution >= 4 is 18.9 Å². The van der Waals surface area contributed by atoms with Crippen LogP contribution in [0.3, 0.4) is 0 Å². The highest BCUT2D eigenvalue weighted by molar-refractivity contribution is 6.48. The molecule has 39 heavy (non-hydrogen) atoms. The number of hydrogen-bond acceptors (Lipinski definition) is 5. The predicted molar refractivity (Wildman–Crippen MR) is 156 cm³/mol. The molecule has 7 heteroatoms. The Morgan fingerprint density at radius 2 is 1.95 bits per heavy atom. The van der Waals surface area contributed by atoms with E-state index in [9.17, 15) is 10.1 Å². The molecular weight excluding hydrogens is 485 g/mol. The molecule has 0 spiro atoms. The highest BCUT2D eigenvalue weighted by Gasteiger charge is 2.36. The molecule has 2 aromatic rings. The number of nitriles is 1. The number of carbonyl (C=O) groups is 1. The second-order valence-corrected chi connectivity index (χ2v) is 12.2. The van der Waals surface area contributed by atoms with Gasteiger partial charge in [-0.3, -0.25) is 4.79 Å². The molecule has 0 bridgehead atoms. The number of nitrogens with one attached hydrogen (secondary N) is 1.